The zero-order valence-electron chi connectivity index (χ0n) is 13.2. The molecule has 2 rings (SSSR count). The van der Waals surface area contributed by atoms with Crippen LogP contribution in [0.1, 0.15) is 43.9 Å². The molecular formula is C18H29N. The van der Waals surface area contributed by atoms with Crippen LogP contribution in [0.25, 0.3) is 0 Å². The van der Waals surface area contributed by atoms with Gasteiger partial charge in [0, 0.05) is 19.6 Å². The third-order valence-electron chi connectivity index (χ3n) is 4.74. The number of hydrogen-bond acceptors (Lipinski definition) is 1. The average Bonchev–Trinajstić information content (AvgIpc) is 2.33. The van der Waals surface area contributed by atoms with Gasteiger partial charge in [-0.2, -0.15) is 0 Å². The van der Waals surface area contributed by atoms with Crippen LogP contribution in [0.5, 0.6) is 0 Å². The Morgan fingerprint density at radius 2 is 1.79 bits per heavy atom. The molecular weight excluding hydrogens is 230 g/mol. The predicted octanol–water partition coefficient (Wildman–Crippen LogP) is 4.42. The van der Waals surface area contributed by atoms with E-state index in [1.807, 2.05) is 0 Å². The Balaban J connectivity index is 2.10. The lowest BCUT2D eigenvalue weighted by atomic mass is 9.83. The Hall–Kier alpha value is -0.820. The van der Waals surface area contributed by atoms with E-state index < -0.39 is 0 Å². The molecule has 1 nitrogen and oxygen atoms in total. The van der Waals surface area contributed by atoms with Gasteiger partial charge in [0.1, 0.15) is 0 Å². The van der Waals surface area contributed by atoms with E-state index in [-0.39, 0.29) is 0 Å². The second-order valence-electron chi connectivity index (χ2n) is 6.91. The number of rotatable bonds is 3. The second kappa shape index (κ2) is 6.09. The summed E-state index contributed by atoms with van der Waals surface area (Å²) in [5.74, 6) is 2.52. The Kier molecular flexibility index (Phi) is 4.67. The summed E-state index contributed by atoms with van der Waals surface area (Å²) in [6.07, 6.45) is 1.40. The van der Waals surface area contributed by atoms with Gasteiger partial charge in [-0.25, -0.2) is 0 Å². The van der Waals surface area contributed by atoms with Gasteiger partial charge in [0.05, 0.1) is 0 Å². The highest BCUT2D eigenvalue weighted by molar-refractivity contribution is 5.33. The highest BCUT2D eigenvalue weighted by Gasteiger charge is 2.26. The summed E-state index contributed by atoms with van der Waals surface area (Å²) in [6.45, 7) is 15.3. The fourth-order valence-corrected chi connectivity index (χ4v) is 3.45. The van der Waals surface area contributed by atoms with Crippen LogP contribution >= 0.6 is 0 Å². The summed E-state index contributed by atoms with van der Waals surface area (Å²) in [5.41, 5.74) is 4.43. The van der Waals surface area contributed by atoms with Crippen LogP contribution in [0.15, 0.2) is 18.2 Å². The molecule has 0 bridgehead atoms. The first kappa shape index (κ1) is 14.6. The molecule has 19 heavy (non-hydrogen) atoms. The molecule has 1 saturated heterocycles. The highest BCUT2D eigenvalue weighted by atomic mass is 15.1. The van der Waals surface area contributed by atoms with Crippen molar-refractivity contribution in [2.24, 2.45) is 17.8 Å². The maximum Gasteiger partial charge on any atom is 0.0239 e. The van der Waals surface area contributed by atoms with E-state index >= 15 is 0 Å². The van der Waals surface area contributed by atoms with E-state index in [2.05, 4.69) is 57.7 Å². The van der Waals surface area contributed by atoms with Crippen molar-refractivity contribution in [3.63, 3.8) is 0 Å². The molecule has 0 radical (unpaired) electrons. The number of aryl methyl sites for hydroxylation is 2. The van der Waals surface area contributed by atoms with Crippen molar-refractivity contribution < 1.29 is 0 Å². The van der Waals surface area contributed by atoms with Crippen LogP contribution in [-0.4, -0.2) is 18.0 Å². The predicted molar refractivity (Wildman–Crippen MR) is 83.3 cm³/mol. The number of likely N-dealkylation sites (tertiary alicyclic amines) is 1. The van der Waals surface area contributed by atoms with Crippen molar-refractivity contribution in [1.29, 1.82) is 0 Å². The lowest BCUT2D eigenvalue weighted by Gasteiger charge is -2.38. The van der Waals surface area contributed by atoms with Gasteiger partial charge in [-0.05, 0) is 54.7 Å². The first-order valence-electron chi connectivity index (χ1n) is 7.74. The molecule has 1 aromatic rings. The van der Waals surface area contributed by atoms with E-state index in [1.54, 1.807) is 5.56 Å². The zero-order chi connectivity index (χ0) is 14.0. The van der Waals surface area contributed by atoms with Crippen molar-refractivity contribution >= 4 is 0 Å². The SMILES string of the molecule is Cc1cccc(C)c1CN1CC(C)CC(C(C)C)C1. The molecule has 1 aromatic carbocycles. The van der Waals surface area contributed by atoms with Crippen molar-refractivity contribution in [1.82, 2.24) is 4.90 Å². The first-order chi connectivity index (χ1) is 8.97. The van der Waals surface area contributed by atoms with Crippen LogP contribution in [0.2, 0.25) is 0 Å². The lowest BCUT2D eigenvalue weighted by molar-refractivity contribution is 0.101. The van der Waals surface area contributed by atoms with Gasteiger partial charge in [-0.15, -0.1) is 0 Å². The minimum atomic E-state index is 0.809. The number of piperidine rings is 1. The van der Waals surface area contributed by atoms with Crippen LogP contribution in [0, 0.1) is 31.6 Å². The molecule has 1 fully saturated rings. The van der Waals surface area contributed by atoms with Crippen molar-refractivity contribution in [3.8, 4) is 0 Å². The normalized spacial score (nSPS) is 24.9. The molecule has 0 saturated carbocycles. The summed E-state index contributed by atoms with van der Waals surface area (Å²) >= 11 is 0. The molecule has 0 amide bonds. The maximum atomic E-state index is 2.67. The Morgan fingerprint density at radius 3 is 2.37 bits per heavy atom. The standard InChI is InChI=1S/C18H29N/c1-13(2)17-9-14(3)10-19(11-17)12-18-15(4)7-6-8-16(18)5/h6-8,13-14,17H,9-12H2,1-5H3. The van der Waals surface area contributed by atoms with E-state index in [9.17, 15) is 0 Å². The average molecular weight is 259 g/mol. The van der Waals surface area contributed by atoms with Gasteiger partial charge in [0.2, 0.25) is 0 Å². The minimum Gasteiger partial charge on any atom is -0.299 e. The molecule has 0 aromatic heterocycles. The molecule has 1 aliphatic rings. The van der Waals surface area contributed by atoms with Gasteiger partial charge in [-0.1, -0.05) is 39.0 Å². The second-order valence-corrected chi connectivity index (χ2v) is 6.91. The van der Waals surface area contributed by atoms with Gasteiger partial charge in [-0.3, -0.25) is 4.90 Å². The molecule has 1 aliphatic heterocycles. The third kappa shape index (κ3) is 3.60. The van der Waals surface area contributed by atoms with Gasteiger partial charge in [0.15, 0.2) is 0 Å². The zero-order valence-corrected chi connectivity index (χ0v) is 13.2. The molecule has 0 aliphatic carbocycles. The number of hydrogen-bond donors (Lipinski definition) is 0. The van der Waals surface area contributed by atoms with Crippen LogP contribution in [0.3, 0.4) is 0 Å². The van der Waals surface area contributed by atoms with E-state index in [4.69, 9.17) is 0 Å². The highest BCUT2D eigenvalue weighted by Crippen LogP contribution is 2.29. The molecule has 0 N–H and O–H groups in total. The summed E-state index contributed by atoms with van der Waals surface area (Å²) < 4.78 is 0. The van der Waals surface area contributed by atoms with Crippen LogP contribution in [0.4, 0.5) is 0 Å². The molecule has 1 heteroatoms. The molecule has 0 spiro atoms. The smallest absolute Gasteiger partial charge is 0.0239 e. The van der Waals surface area contributed by atoms with E-state index in [0.717, 1.165) is 24.3 Å². The molecule has 106 valence electrons. The van der Waals surface area contributed by atoms with E-state index in [0.29, 0.717) is 0 Å². The largest absolute Gasteiger partial charge is 0.299 e. The number of nitrogens with zero attached hydrogens (tertiary/aromatic N) is 1. The van der Waals surface area contributed by atoms with Crippen LogP contribution in [-0.2, 0) is 6.54 Å². The Morgan fingerprint density at radius 1 is 1.16 bits per heavy atom. The molecule has 2 atom stereocenters. The first-order valence-corrected chi connectivity index (χ1v) is 7.74. The van der Waals surface area contributed by atoms with Crippen LogP contribution < -0.4 is 0 Å². The monoisotopic (exact) mass is 259 g/mol. The Labute approximate surface area is 119 Å². The summed E-state index contributed by atoms with van der Waals surface area (Å²) in [5, 5.41) is 0. The van der Waals surface area contributed by atoms with Crippen molar-refractivity contribution in [3.05, 3.63) is 34.9 Å². The number of benzene rings is 1. The molecule has 1 heterocycles. The summed E-state index contributed by atoms with van der Waals surface area (Å²) in [7, 11) is 0. The van der Waals surface area contributed by atoms with Crippen molar-refractivity contribution in [2.75, 3.05) is 13.1 Å². The minimum absolute atomic E-state index is 0.809. The topological polar surface area (TPSA) is 3.24 Å². The third-order valence-corrected chi connectivity index (χ3v) is 4.74. The maximum absolute atomic E-state index is 2.67. The van der Waals surface area contributed by atoms with Crippen molar-refractivity contribution in [2.45, 2.75) is 47.6 Å². The van der Waals surface area contributed by atoms with Gasteiger partial charge in [0.25, 0.3) is 0 Å². The lowest BCUT2D eigenvalue weighted by Crippen LogP contribution is -2.41. The fourth-order valence-electron chi connectivity index (χ4n) is 3.45. The van der Waals surface area contributed by atoms with Gasteiger partial charge >= 0.3 is 0 Å². The quantitative estimate of drug-likeness (QED) is 0.777. The summed E-state index contributed by atoms with van der Waals surface area (Å²) in [6, 6.07) is 6.66. The van der Waals surface area contributed by atoms with E-state index in [1.165, 1.54) is 30.6 Å². The molecule has 2 unspecified atom stereocenters. The Bertz CT molecular complexity index is 401. The van der Waals surface area contributed by atoms with Gasteiger partial charge < -0.3 is 0 Å². The summed E-state index contributed by atoms with van der Waals surface area (Å²) in [4.78, 5) is 2.67. The fraction of sp³-hybridized carbons (Fsp3) is 0.667.